The monoisotopic (exact) mass is 435 g/mol. The minimum absolute atomic E-state index is 0. The molecule has 0 bridgehead atoms. The van der Waals surface area contributed by atoms with Crippen LogP contribution in [0.2, 0.25) is 0 Å². The number of nitrogens with zero attached hydrogens (tertiary/aromatic N) is 1. The van der Waals surface area contributed by atoms with Gasteiger partial charge in [0, 0.05) is 24.7 Å². The number of ether oxygens (including phenoxy) is 1. The third-order valence-corrected chi connectivity index (χ3v) is 5.34. The molecule has 2 heterocycles. The zero-order chi connectivity index (χ0) is 20.4. The van der Waals surface area contributed by atoms with Gasteiger partial charge in [-0.2, -0.15) is 0 Å². The van der Waals surface area contributed by atoms with E-state index in [0.717, 1.165) is 11.3 Å². The van der Waals surface area contributed by atoms with Gasteiger partial charge in [-0.05, 0) is 42.8 Å². The van der Waals surface area contributed by atoms with Crippen LogP contribution in [-0.4, -0.2) is 42.9 Å². The van der Waals surface area contributed by atoms with Crippen LogP contribution in [0.5, 0.6) is 5.75 Å². The summed E-state index contributed by atoms with van der Waals surface area (Å²) in [6.07, 6.45) is 0.979. The highest BCUT2D eigenvalue weighted by molar-refractivity contribution is 6.07. The summed E-state index contributed by atoms with van der Waals surface area (Å²) in [5.74, 6) is -0.175. The van der Waals surface area contributed by atoms with E-state index in [4.69, 9.17) is 4.74 Å². The van der Waals surface area contributed by atoms with E-state index < -0.39 is 23.9 Å². The zero-order valence-corrected chi connectivity index (χ0v) is 17.3. The first kappa shape index (κ1) is 22.1. The first-order chi connectivity index (χ1) is 14.1. The van der Waals surface area contributed by atoms with Gasteiger partial charge >= 0.3 is 0 Å². The SMILES string of the molecule is COc1ccc(Cn2cc(C(=O)N[C@H]3CCNC[C@H]3F)c3c(F)cccc32)cc1.Cl. The number of alkyl halides is 1. The quantitative estimate of drug-likeness (QED) is 0.642. The van der Waals surface area contributed by atoms with Crippen LogP contribution in [0.1, 0.15) is 22.3 Å². The van der Waals surface area contributed by atoms with Crippen molar-refractivity contribution in [2.24, 2.45) is 0 Å². The number of fused-ring (bicyclic) bond motifs is 1. The summed E-state index contributed by atoms with van der Waals surface area (Å²) in [5, 5.41) is 5.96. The van der Waals surface area contributed by atoms with Gasteiger partial charge in [-0.25, -0.2) is 8.78 Å². The summed E-state index contributed by atoms with van der Waals surface area (Å²) in [4.78, 5) is 12.9. The smallest absolute Gasteiger partial charge is 0.253 e. The minimum Gasteiger partial charge on any atom is -0.497 e. The fourth-order valence-electron chi connectivity index (χ4n) is 3.77. The summed E-state index contributed by atoms with van der Waals surface area (Å²) < 4.78 is 35.7. The van der Waals surface area contributed by atoms with Crippen molar-refractivity contribution in [1.82, 2.24) is 15.2 Å². The van der Waals surface area contributed by atoms with E-state index in [2.05, 4.69) is 10.6 Å². The molecule has 3 aromatic rings. The van der Waals surface area contributed by atoms with Crippen LogP contribution >= 0.6 is 12.4 Å². The van der Waals surface area contributed by atoms with Crippen LogP contribution in [0.25, 0.3) is 10.9 Å². The first-order valence-electron chi connectivity index (χ1n) is 9.62. The fourth-order valence-corrected chi connectivity index (χ4v) is 3.77. The molecular formula is C22H24ClF2N3O2. The van der Waals surface area contributed by atoms with Crippen molar-refractivity contribution in [3.8, 4) is 5.75 Å². The summed E-state index contributed by atoms with van der Waals surface area (Å²) in [6, 6.07) is 11.7. The van der Waals surface area contributed by atoms with Crippen LogP contribution in [0, 0.1) is 5.82 Å². The lowest BCUT2D eigenvalue weighted by atomic mass is 10.0. The van der Waals surface area contributed by atoms with Gasteiger partial charge in [0.2, 0.25) is 0 Å². The Labute approximate surface area is 179 Å². The molecule has 0 spiro atoms. The van der Waals surface area contributed by atoms with E-state index in [9.17, 15) is 13.6 Å². The number of piperidine rings is 1. The molecule has 0 aliphatic carbocycles. The molecule has 1 aliphatic heterocycles. The molecule has 160 valence electrons. The van der Waals surface area contributed by atoms with Crippen molar-refractivity contribution in [3.05, 3.63) is 65.6 Å². The van der Waals surface area contributed by atoms with Gasteiger partial charge < -0.3 is 19.9 Å². The maximum Gasteiger partial charge on any atom is 0.253 e. The van der Waals surface area contributed by atoms with Gasteiger partial charge in [-0.3, -0.25) is 4.79 Å². The van der Waals surface area contributed by atoms with Crippen molar-refractivity contribution in [2.75, 3.05) is 20.2 Å². The zero-order valence-electron chi connectivity index (χ0n) is 16.5. The average Bonchev–Trinajstić information content (AvgIpc) is 3.10. The molecule has 8 heteroatoms. The maximum atomic E-state index is 14.6. The maximum absolute atomic E-state index is 14.6. The Bertz CT molecular complexity index is 1020. The Balaban J connectivity index is 0.00000256. The summed E-state index contributed by atoms with van der Waals surface area (Å²) >= 11 is 0. The van der Waals surface area contributed by atoms with E-state index in [1.54, 1.807) is 25.4 Å². The highest BCUT2D eigenvalue weighted by Crippen LogP contribution is 2.26. The molecule has 1 saturated heterocycles. The van der Waals surface area contributed by atoms with Gasteiger partial charge in [0.1, 0.15) is 17.7 Å². The molecule has 2 aromatic carbocycles. The topological polar surface area (TPSA) is 55.3 Å². The lowest BCUT2D eigenvalue weighted by molar-refractivity contribution is 0.0893. The van der Waals surface area contributed by atoms with Crippen LogP contribution < -0.4 is 15.4 Å². The molecule has 0 radical (unpaired) electrons. The Kier molecular flexibility index (Phi) is 6.95. The number of methoxy groups -OCH3 is 1. The van der Waals surface area contributed by atoms with Crippen molar-refractivity contribution in [2.45, 2.75) is 25.2 Å². The fraction of sp³-hybridized carbons (Fsp3) is 0.318. The second-order valence-corrected chi connectivity index (χ2v) is 7.24. The second kappa shape index (κ2) is 9.45. The van der Waals surface area contributed by atoms with E-state index in [-0.39, 0.29) is 29.9 Å². The van der Waals surface area contributed by atoms with Crippen LogP contribution in [-0.2, 0) is 6.54 Å². The average molecular weight is 436 g/mol. The second-order valence-electron chi connectivity index (χ2n) is 7.24. The molecule has 2 N–H and O–H groups in total. The normalized spacial score (nSPS) is 18.6. The summed E-state index contributed by atoms with van der Waals surface area (Å²) in [7, 11) is 1.60. The lowest BCUT2D eigenvalue weighted by Gasteiger charge is -2.27. The summed E-state index contributed by atoms with van der Waals surface area (Å²) in [5.41, 5.74) is 1.83. The van der Waals surface area contributed by atoms with Crippen molar-refractivity contribution in [3.63, 3.8) is 0 Å². The van der Waals surface area contributed by atoms with E-state index in [1.807, 2.05) is 28.8 Å². The van der Waals surface area contributed by atoms with Crippen molar-refractivity contribution >= 4 is 29.2 Å². The molecule has 1 fully saturated rings. The van der Waals surface area contributed by atoms with E-state index >= 15 is 0 Å². The van der Waals surface area contributed by atoms with Gasteiger partial charge in [-0.15, -0.1) is 12.4 Å². The number of hydrogen-bond acceptors (Lipinski definition) is 3. The highest BCUT2D eigenvalue weighted by Gasteiger charge is 2.28. The number of carbonyl (C=O) groups excluding carboxylic acids is 1. The molecular weight excluding hydrogens is 412 g/mol. The Hall–Kier alpha value is -2.64. The van der Waals surface area contributed by atoms with Crippen LogP contribution in [0.15, 0.2) is 48.7 Å². The molecule has 1 aliphatic rings. The third-order valence-electron chi connectivity index (χ3n) is 5.34. The number of aromatic nitrogens is 1. The Morgan fingerprint density at radius 3 is 2.73 bits per heavy atom. The number of amides is 1. The van der Waals surface area contributed by atoms with E-state index in [1.165, 1.54) is 6.07 Å². The molecule has 4 rings (SSSR count). The third kappa shape index (κ3) is 4.42. The Morgan fingerprint density at radius 2 is 2.03 bits per heavy atom. The molecule has 0 unspecified atom stereocenters. The molecule has 0 saturated carbocycles. The van der Waals surface area contributed by atoms with Crippen molar-refractivity contribution < 1.29 is 18.3 Å². The number of nitrogens with one attached hydrogen (secondary N) is 2. The van der Waals surface area contributed by atoms with Crippen LogP contribution in [0.3, 0.4) is 0 Å². The standard InChI is InChI=1S/C22H23F2N3O2.ClH/c1-29-15-7-5-14(6-8-15)12-27-13-16(21-17(23)3-2-4-20(21)27)22(28)26-19-9-10-25-11-18(19)24;/h2-8,13,18-19,25H,9-12H2,1H3,(H,26,28);1H/t18-,19+;/m1./s1. The number of carbonyl (C=O) groups is 1. The predicted molar refractivity (Wildman–Crippen MR) is 115 cm³/mol. The van der Waals surface area contributed by atoms with Crippen LogP contribution in [0.4, 0.5) is 8.78 Å². The molecule has 1 aromatic heterocycles. The lowest BCUT2D eigenvalue weighted by Crippen LogP contribution is -2.50. The highest BCUT2D eigenvalue weighted by atomic mass is 35.5. The van der Waals surface area contributed by atoms with Gasteiger partial charge in [-0.1, -0.05) is 18.2 Å². The number of hydrogen-bond donors (Lipinski definition) is 2. The van der Waals surface area contributed by atoms with Crippen molar-refractivity contribution in [1.29, 1.82) is 0 Å². The largest absolute Gasteiger partial charge is 0.497 e. The minimum atomic E-state index is -1.16. The molecule has 5 nitrogen and oxygen atoms in total. The number of halogens is 3. The Morgan fingerprint density at radius 1 is 1.27 bits per heavy atom. The predicted octanol–water partition coefficient (Wildman–Crippen LogP) is 3.69. The van der Waals surface area contributed by atoms with Gasteiger partial charge in [0.05, 0.1) is 24.2 Å². The molecule has 2 atom stereocenters. The van der Waals surface area contributed by atoms with E-state index in [0.29, 0.717) is 25.0 Å². The summed E-state index contributed by atoms with van der Waals surface area (Å²) in [6.45, 7) is 1.31. The van der Waals surface area contributed by atoms with Gasteiger partial charge in [0.25, 0.3) is 5.91 Å². The van der Waals surface area contributed by atoms with Gasteiger partial charge in [0.15, 0.2) is 0 Å². The molecule has 30 heavy (non-hydrogen) atoms. The first-order valence-corrected chi connectivity index (χ1v) is 9.62. The number of benzene rings is 2. The number of rotatable bonds is 5. The molecule has 1 amide bonds.